The standard InChI is InChI=1S/C15H14Cl2N2O3S/c1-9(10-2-5-12(6-3-10)23(18,21)22)19-15(20)13-7-4-11(16)8-14(13)17/h2-9H,1H3,(H,19,20)(H2,18,21,22). The maximum Gasteiger partial charge on any atom is 0.253 e. The Morgan fingerprint density at radius 1 is 1.13 bits per heavy atom. The zero-order chi connectivity index (χ0) is 17.2. The van der Waals surface area contributed by atoms with Crippen molar-refractivity contribution < 1.29 is 13.2 Å². The molecule has 0 saturated heterocycles. The van der Waals surface area contributed by atoms with E-state index in [4.69, 9.17) is 28.3 Å². The monoisotopic (exact) mass is 372 g/mol. The van der Waals surface area contributed by atoms with Crippen LogP contribution in [0.4, 0.5) is 0 Å². The van der Waals surface area contributed by atoms with E-state index in [2.05, 4.69) is 5.32 Å². The molecule has 1 atom stereocenters. The zero-order valence-corrected chi connectivity index (χ0v) is 14.4. The van der Waals surface area contributed by atoms with Gasteiger partial charge in [0, 0.05) is 5.02 Å². The van der Waals surface area contributed by atoms with Gasteiger partial charge in [-0.1, -0.05) is 35.3 Å². The lowest BCUT2D eigenvalue weighted by Gasteiger charge is -2.15. The number of nitrogens with two attached hydrogens (primary N) is 1. The molecule has 8 heteroatoms. The Morgan fingerprint density at radius 2 is 1.74 bits per heavy atom. The maximum absolute atomic E-state index is 12.2. The van der Waals surface area contributed by atoms with Crippen molar-refractivity contribution in [1.82, 2.24) is 5.32 Å². The van der Waals surface area contributed by atoms with Crippen molar-refractivity contribution in [1.29, 1.82) is 0 Å². The number of amides is 1. The molecular formula is C15H14Cl2N2O3S. The van der Waals surface area contributed by atoms with Crippen molar-refractivity contribution >= 4 is 39.1 Å². The molecule has 2 aromatic carbocycles. The van der Waals surface area contributed by atoms with Crippen LogP contribution in [-0.4, -0.2) is 14.3 Å². The number of hydrogen-bond acceptors (Lipinski definition) is 3. The molecule has 23 heavy (non-hydrogen) atoms. The van der Waals surface area contributed by atoms with Crippen molar-refractivity contribution in [3.8, 4) is 0 Å². The number of hydrogen-bond donors (Lipinski definition) is 2. The van der Waals surface area contributed by atoms with Crippen molar-refractivity contribution in [2.75, 3.05) is 0 Å². The number of benzene rings is 2. The summed E-state index contributed by atoms with van der Waals surface area (Å²) in [4.78, 5) is 12.2. The Bertz CT molecular complexity index is 836. The number of primary sulfonamides is 1. The SMILES string of the molecule is CC(NC(=O)c1ccc(Cl)cc1Cl)c1ccc(S(N)(=O)=O)cc1. The molecule has 2 aromatic rings. The van der Waals surface area contributed by atoms with Crippen molar-refractivity contribution in [2.24, 2.45) is 5.14 Å². The summed E-state index contributed by atoms with van der Waals surface area (Å²) in [5.41, 5.74) is 1.04. The molecule has 0 heterocycles. The molecule has 0 radical (unpaired) electrons. The minimum Gasteiger partial charge on any atom is -0.345 e. The molecule has 1 unspecified atom stereocenters. The summed E-state index contributed by atoms with van der Waals surface area (Å²) < 4.78 is 22.4. The first-order chi connectivity index (χ1) is 10.7. The lowest BCUT2D eigenvalue weighted by atomic mass is 10.1. The van der Waals surface area contributed by atoms with Crippen molar-refractivity contribution in [3.63, 3.8) is 0 Å². The third-order valence-corrected chi connectivity index (χ3v) is 4.71. The third-order valence-electron chi connectivity index (χ3n) is 3.23. The molecular weight excluding hydrogens is 359 g/mol. The maximum atomic E-state index is 12.2. The molecule has 0 aliphatic rings. The van der Waals surface area contributed by atoms with Gasteiger partial charge in [-0.3, -0.25) is 4.79 Å². The van der Waals surface area contributed by atoms with Gasteiger partial charge in [0.1, 0.15) is 0 Å². The second-order valence-electron chi connectivity index (χ2n) is 4.93. The molecule has 5 nitrogen and oxygen atoms in total. The van der Waals surface area contributed by atoms with Crippen molar-refractivity contribution in [3.05, 3.63) is 63.6 Å². The molecule has 0 spiro atoms. The van der Waals surface area contributed by atoms with Gasteiger partial charge in [-0.2, -0.15) is 0 Å². The zero-order valence-electron chi connectivity index (χ0n) is 12.1. The normalized spacial score (nSPS) is 12.7. The summed E-state index contributed by atoms with van der Waals surface area (Å²) in [5.74, 6) is -0.352. The van der Waals surface area contributed by atoms with Gasteiger partial charge in [0.25, 0.3) is 5.91 Å². The molecule has 0 bridgehead atoms. The average Bonchev–Trinajstić information content (AvgIpc) is 2.46. The number of nitrogens with one attached hydrogen (secondary N) is 1. The van der Waals surface area contributed by atoms with Gasteiger partial charge in [-0.25, -0.2) is 13.6 Å². The van der Waals surface area contributed by atoms with Crippen LogP contribution in [0.2, 0.25) is 10.0 Å². The largest absolute Gasteiger partial charge is 0.345 e. The fourth-order valence-corrected chi connectivity index (χ4v) is 2.99. The van der Waals surface area contributed by atoms with E-state index >= 15 is 0 Å². The van der Waals surface area contributed by atoms with Crippen LogP contribution in [0.1, 0.15) is 28.9 Å². The van der Waals surface area contributed by atoms with Crippen LogP contribution in [0, 0.1) is 0 Å². The number of carbonyl (C=O) groups excluding carboxylic acids is 1. The van der Waals surface area contributed by atoms with Gasteiger partial charge in [-0.15, -0.1) is 0 Å². The fraction of sp³-hybridized carbons (Fsp3) is 0.133. The van der Waals surface area contributed by atoms with Gasteiger partial charge < -0.3 is 5.32 Å². The van der Waals surface area contributed by atoms with E-state index in [-0.39, 0.29) is 21.9 Å². The lowest BCUT2D eigenvalue weighted by Crippen LogP contribution is -2.27. The Morgan fingerprint density at radius 3 is 2.26 bits per heavy atom. The van der Waals surface area contributed by atoms with Gasteiger partial charge in [0.05, 0.1) is 21.5 Å². The molecule has 3 N–H and O–H groups in total. The molecule has 0 fully saturated rings. The van der Waals surface area contributed by atoms with Crippen LogP contribution in [0.5, 0.6) is 0 Å². The minimum atomic E-state index is -3.74. The van der Waals surface area contributed by atoms with Gasteiger partial charge in [0.15, 0.2) is 0 Å². The Labute approximate surface area is 144 Å². The fourth-order valence-electron chi connectivity index (χ4n) is 1.98. The number of rotatable bonds is 4. The highest BCUT2D eigenvalue weighted by Crippen LogP contribution is 2.22. The molecule has 122 valence electrons. The predicted octanol–water partition coefficient (Wildman–Crippen LogP) is 3.13. The summed E-state index contributed by atoms with van der Waals surface area (Å²) in [6.45, 7) is 1.77. The van der Waals surface area contributed by atoms with Crippen LogP contribution in [0.25, 0.3) is 0 Å². The highest BCUT2D eigenvalue weighted by Gasteiger charge is 2.15. The molecule has 2 rings (SSSR count). The first-order valence-corrected chi connectivity index (χ1v) is 8.87. The van der Waals surface area contributed by atoms with E-state index in [0.29, 0.717) is 10.6 Å². The van der Waals surface area contributed by atoms with Gasteiger partial charge in [-0.05, 0) is 42.8 Å². The topological polar surface area (TPSA) is 89.3 Å². The van der Waals surface area contributed by atoms with Crippen LogP contribution < -0.4 is 10.5 Å². The van der Waals surface area contributed by atoms with Crippen LogP contribution in [0.3, 0.4) is 0 Å². The van der Waals surface area contributed by atoms with Crippen LogP contribution in [-0.2, 0) is 10.0 Å². The predicted molar refractivity (Wildman–Crippen MR) is 90.2 cm³/mol. The van der Waals surface area contributed by atoms with E-state index in [9.17, 15) is 13.2 Å². The van der Waals surface area contributed by atoms with E-state index < -0.39 is 10.0 Å². The van der Waals surface area contributed by atoms with Crippen LogP contribution >= 0.6 is 23.2 Å². The molecule has 0 aliphatic carbocycles. The first kappa shape index (κ1) is 17.7. The molecule has 0 aromatic heterocycles. The Hall–Kier alpha value is -1.60. The minimum absolute atomic E-state index is 0.0144. The summed E-state index contributed by atoms with van der Waals surface area (Å²) >= 11 is 11.8. The molecule has 0 saturated carbocycles. The Balaban J connectivity index is 2.15. The van der Waals surface area contributed by atoms with Crippen molar-refractivity contribution in [2.45, 2.75) is 17.9 Å². The van der Waals surface area contributed by atoms with Gasteiger partial charge in [0.2, 0.25) is 10.0 Å². The first-order valence-electron chi connectivity index (χ1n) is 6.57. The summed E-state index contributed by atoms with van der Waals surface area (Å²) in [6.07, 6.45) is 0. The van der Waals surface area contributed by atoms with E-state index in [0.717, 1.165) is 5.56 Å². The second kappa shape index (κ2) is 6.88. The molecule has 0 aliphatic heterocycles. The lowest BCUT2D eigenvalue weighted by molar-refractivity contribution is 0.0940. The summed E-state index contributed by atoms with van der Waals surface area (Å²) in [7, 11) is -3.74. The van der Waals surface area contributed by atoms with E-state index in [1.54, 1.807) is 25.1 Å². The highest BCUT2D eigenvalue weighted by molar-refractivity contribution is 7.89. The summed E-state index contributed by atoms with van der Waals surface area (Å²) in [5, 5.41) is 8.53. The Kier molecular flexibility index (Phi) is 5.31. The number of sulfonamides is 1. The van der Waals surface area contributed by atoms with Crippen LogP contribution in [0.15, 0.2) is 47.4 Å². The average molecular weight is 373 g/mol. The number of halogens is 2. The second-order valence-corrected chi connectivity index (χ2v) is 7.34. The molecule has 1 amide bonds. The summed E-state index contributed by atoms with van der Waals surface area (Å²) in [6, 6.07) is 10.2. The smallest absolute Gasteiger partial charge is 0.253 e. The van der Waals surface area contributed by atoms with E-state index in [1.807, 2.05) is 0 Å². The highest BCUT2D eigenvalue weighted by atomic mass is 35.5. The quantitative estimate of drug-likeness (QED) is 0.863. The van der Waals surface area contributed by atoms with Gasteiger partial charge >= 0.3 is 0 Å². The third kappa shape index (κ3) is 4.45. The number of carbonyl (C=O) groups is 1. The van der Waals surface area contributed by atoms with E-state index in [1.165, 1.54) is 24.3 Å².